The highest BCUT2D eigenvalue weighted by Gasteiger charge is 2.42. The van der Waals surface area contributed by atoms with Gasteiger partial charge in [-0.2, -0.15) is 13.2 Å². The van der Waals surface area contributed by atoms with Gasteiger partial charge in [-0.05, 0) is 77.2 Å². The van der Waals surface area contributed by atoms with E-state index in [0.29, 0.717) is 18.7 Å². The molecular weight excluding hydrogens is 433 g/mol. The number of carbonyl (C=O) groups excluding carboxylic acids is 1. The molecule has 0 aliphatic carbocycles. The number of aromatic nitrogens is 1. The minimum atomic E-state index is -4.53. The quantitative estimate of drug-likeness (QED) is 0.678. The van der Waals surface area contributed by atoms with Crippen molar-refractivity contribution in [1.29, 1.82) is 0 Å². The van der Waals surface area contributed by atoms with Gasteiger partial charge in [0.15, 0.2) is 0 Å². The molecule has 33 heavy (non-hydrogen) atoms. The molecule has 9 heteroatoms. The maximum Gasteiger partial charge on any atom is 0.416 e. The summed E-state index contributed by atoms with van der Waals surface area (Å²) < 4.78 is 40.2. The third-order valence-corrected chi connectivity index (χ3v) is 5.75. The number of aliphatic hydroxyl groups excluding tert-OH is 1. The van der Waals surface area contributed by atoms with Crippen LogP contribution in [0.15, 0.2) is 36.4 Å². The van der Waals surface area contributed by atoms with Crippen LogP contribution in [0.2, 0.25) is 0 Å². The summed E-state index contributed by atoms with van der Waals surface area (Å²) in [5.41, 5.74) is 1.07. The molecule has 0 radical (unpaired) electrons. The number of aliphatic hydroxyl groups is 1. The fourth-order valence-corrected chi connectivity index (χ4v) is 4.16. The van der Waals surface area contributed by atoms with Crippen LogP contribution in [0.3, 0.4) is 0 Å². The number of nitrogens with zero attached hydrogens (tertiary/aromatic N) is 4. The number of halogens is 3. The average Bonchev–Trinajstić information content (AvgIpc) is 3.11. The number of benzene rings is 1. The van der Waals surface area contributed by atoms with Crippen molar-refractivity contribution >= 4 is 17.4 Å². The summed E-state index contributed by atoms with van der Waals surface area (Å²) in [5, 5.41) is 10.7. The molecule has 1 fully saturated rings. The van der Waals surface area contributed by atoms with Crippen LogP contribution >= 0.6 is 0 Å². The van der Waals surface area contributed by atoms with Crippen LogP contribution in [0.1, 0.15) is 29.7 Å². The number of hydrogen-bond donors (Lipinski definition) is 1. The summed E-state index contributed by atoms with van der Waals surface area (Å²) in [6, 6.07) is 8.43. The molecule has 1 aromatic heterocycles. The van der Waals surface area contributed by atoms with Crippen LogP contribution < -0.4 is 9.80 Å². The van der Waals surface area contributed by atoms with Crippen LogP contribution in [0.5, 0.6) is 0 Å². The predicted molar refractivity (Wildman–Crippen MR) is 122 cm³/mol. The van der Waals surface area contributed by atoms with Crippen molar-refractivity contribution in [1.82, 2.24) is 9.88 Å². The predicted octanol–water partition coefficient (Wildman–Crippen LogP) is 3.64. The largest absolute Gasteiger partial charge is 0.416 e. The molecule has 0 unspecified atom stereocenters. The van der Waals surface area contributed by atoms with Crippen molar-refractivity contribution in [3.63, 3.8) is 0 Å². The van der Waals surface area contributed by atoms with Crippen molar-refractivity contribution in [3.8, 4) is 0 Å². The van der Waals surface area contributed by atoms with Crippen LogP contribution in [0.4, 0.5) is 24.7 Å². The second-order valence-corrected chi connectivity index (χ2v) is 8.83. The lowest BCUT2D eigenvalue weighted by atomic mass is 10.1. The van der Waals surface area contributed by atoms with Crippen LogP contribution in [-0.4, -0.2) is 66.8 Å². The third-order valence-electron chi connectivity index (χ3n) is 5.75. The molecule has 2 aromatic rings. The van der Waals surface area contributed by atoms with Crippen LogP contribution in [-0.2, 0) is 11.0 Å². The second kappa shape index (κ2) is 10.1. The van der Waals surface area contributed by atoms with Crippen LogP contribution in [0, 0.1) is 13.8 Å². The highest BCUT2D eigenvalue weighted by Crippen LogP contribution is 2.34. The molecule has 0 spiro atoms. The van der Waals surface area contributed by atoms with Gasteiger partial charge in [-0.1, -0.05) is 12.1 Å². The van der Waals surface area contributed by atoms with Crippen molar-refractivity contribution < 1.29 is 23.1 Å². The molecule has 0 saturated carbocycles. The molecule has 1 saturated heterocycles. The Bertz CT molecular complexity index is 980. The number of hydrogen-bond acceptors (Lipinski definition) is 5. The Balaban J connectivity index is 1.96. The van der Waals surface area contributed by atoms with Gasteiger partial charge in [-0.15, -0.1) is 0 Å². The monoisotopic (exact) mass is 464 g/mol. The Morgan fingerprint density at radius 3 is 2.55 bits per heavy atom. The van der Waals surface area contributed by atoms with E-state index in [4.69, 9.17) is 0 Å². The highest BCUT2D eigenvalue weighted by molar-refractivity contribution is 6.00. The fourth-order valence-electron chi connectivity index (χ4n) is 4.16. The van der Waals surface area contributed by atoms with E-state index in [-0.39, 0.29) is 30.4 Å². The highest BCUT2D eigenvalue weighted by atomic mass is 19.4. The van der Waals surface area contributed by atoms with E-state index >= 15 is 0 Å². The summed E-state index contributed by atoms with van der Waals surface area (Å²) in [7, 11) is 3.89. The van der Waals surface area contributed by atoms with Gasteiger partial charge in [0.2, 0.25) is 0 Å². The summed E-state index contributed by atoms with van der Waals surface area (Å²) in [5.74, 6) is -0.295. The number of aryl methyl sites for hydroxylation is 2. The molecule has 1 aliphatic rings. The number of pyridine rings is 1. The first kappa shape index (κ1) is 25.0. The van der Waals surface area contributed by atoms with Gasteiger partial charge in [0, 0.05) is 24.5 Å². The maximum absolute atomic E-state index is 13.8. The number of anilines is 2. The molecule has 2 heterocycles. The zero-order valence-electron chi connectivity index (χ0n) is 19.4. The summed E-state index contributed by atoms with van der Waals surface area (Å²) in [6.45, 7) is 4.85. The molecule has 2 atom stereocenters. The third kappa shape index (κ3) is 6.03. The van der Waals surface area contributed by atoms with Gasteiger partial charge >= 0.3 is 6.18 Å². The summed E-state index contributed by atoms with van der Waals surface area (Å²) in [4.78, 5) is 23.2. The van der Waals surface area contributed by atoms with Gasteiger partial charge in [0.05, 0.1) is 11.7 Å². The first-order valence-electron chi connectivity index (χ1n) is 11.0. The standard InChI is InChI=1S/C24H31F3N4O2/c1-16-7-5-8-19(13-16)30(11-6-10-29(3)4)23(33)22-20(32)9-12-31(22)21-15-18(24(25,26)27)14-17(2)28-21/h5,7-8,13-15,20,22,32H,6,9-12H2,1-4H3/t20-,22+/m1/s1. The van der Waals surface area contributed by atoms with E-state index in [9.17, 15) is 23.1 Å². The maximum atomic E-state index is 13.8. The van der Waals surface area contributed by atoms with Gasteiger partial charge < -0.3 is 19.8 Å². The van der Waals surface area contributed by atoms with Crippen molar-refractivity contribution in [2.45, 2.75) is 45.0 Å². The van der Waals surface area contributed by atoms with Gasteiger partial charge in [-0.25, -0.2) is 4.98 Å². The zero-order chi connectivity index (χ0) is 24.3. The van der Waals surface area contributed by atoms with E-state index in [1.54, 1.807) is 4.90 Å². The summed E-state index contributed by atoms with van der Waals surface area (Å²) in [6.07, 6.45) is -4.56. The first-order chi connectivity index (χ1) is 15.5. The SMILES string of the molecule is Cc1cccc(N(CCCN(C)C)C(=O)[C@@H]2[C@H](O)CCN2c2cc(C(F)(F)F)cc(C)n2)c1. The van der Waals surface area contributed by atoms with Crippen molar-refractivity contribution in [2.24, 2.45) is 0 Å². The van der Waals surface area contributed by atoms with Crippen molar-refractivity contribution in [2.75, 3.05) is 43.5 Å². The Kier molecular flexibility index (Phi) is 7.64. The lowest BCUT2D eigenvalue weighted by molar-refractivity contribution is -0.137. The Hall–Kier alpha value is -2.65. The number of amides is 1. The fraction of sp³-hybridized carbons (Fsp3) is 0.500. The average molecular weight is 465 g/mol. The van der Waals surface area contributed by atoms with E-state index in [1.165, 1.54) is 11.8 Å². The molecule has 1 aliphatic heterocycles. The van der Waals surface area contributed by atoms with Gasteiger partial charge in [0.25, 0.3) is 5.91 Å². The van der Waals surface area contributed by atoms with Gasteiger partial charge in [0.1, 0.15) is 11.9 Å². The number of carbonyl (C=O) groups is 1. The van der Waals surface area contributed by atoms with E-state index < -0.39 is 23.9 Å². The minimum Gasteiger partial charge on any atom is -0.390 e. The lowest BCUT2D eigenvalue weighted by Crippen LogP contribution is -2.51. The lowest BCUT2D eigenvalue weighted by Gasteiger charge is -2.33. The molecular formula is C24H31F3N4O2. The second-order valence-electron chi connectivity index (χ2n) is 8.83. The Labute approximate surface area is 192 Å². The van der Waals surface area contributed by atoms with E-state index in [0.717, 1.165) is 24.2 Å². The topological polar surface area (TPSA) is 59.9 Å². The molecule has 1 N–H and O–H groups in total. The molecule has 3 rings (SSSR count). The Morgan fingerprint density at radius 2 is 1.91 bits per heavy atom. The Morgan fingerprint density at radius 1 is 1.18 bits per heavy atom. The first-order valence-corrected chi connectivity index (χ1v) is 11.0. The molecule has 1 amide bonds. The normalized spacial score (nSPS) is 18.8. The minimum absolute atomic E-state index is 0.0507. The molecule has 1 aromatic carbocycles. The van der Waals surface area contributed by atoms with Crippen molar-refractivity contribution in [3.05, 3.63) is 53.2 Å². The number of rotatable bonds is 7. The zero-order valence-corrected chi connectivity index (χ0v) is 19.4. The molecule has 180 valence electrons. The molecule has 6 nitrogen and oxygen atoms in total. The summed E-state index contributed by atoms with van der Waals surface area (Å²) >= 11 is 0. The van der Waals surface area contributed by atoms with E-state index in [1.807, 2.05) is 50.2 Å². The number of alkyl halides is 3. The van der Waals surface area contributed by atoms with Gasteiger partial charge in [-0.3, -0.25) is 4.79 Å². The molecule has 0 bridgehead atoms. The van der Waals surface area contributed by atoms with E-state index in [2.05, 4.69) is 4.98 Å². The smallest absolute Gasteiger partial charge is 0.390 e. The van der Waals surface area contributed by atoms with Crippen LogP contribution in [0.25, 0.3) is 0 Å².